The van der Waals surface area contributed by atoms with Gasteiger partial charge in [-0.2, -0.15) is 0 Å². The molecule has 0 aromatic heterocycles. The fourth-order valence-electron chi connectivity index (χ4n) is 1.89. The SMILES string of the molecule is C=CCOc1ccccc1NC(=O)CNc1ccc(C)cc1. The Hall–Kier alpha value is -2.75. The summed E-state index contributed by atoms with van der Waals surface area (Å²) in [6.45, 7) is 6.23. The molecule has 0 unspecified atom stereocenters. The maximum atomic E-state index is 12.0. The summed E-state index contributed by atoms with van der Waals surface area (Å²) in [6.07, 6.45) is 1.66. The van der Waals surface area contributed by atoms with Gasteiger partial charge in [-0.25, -0.2) is 0 Å². The van der Waals surface area contributed by atoms with Crippen molar-refractivity contribution in [3.05, 3.63) is 66.7 Å². The van der Waals surface area contributed by atoms with Crippen LogP contribution in [0.4, 0.5) is 11.4 Å². The minimum Gasteiger partial charge on any atom is -0.487 e. The molecule has 22 heavy (non-hydrogen) atoms. The maximum absolute atomic E-state index is 12.0. The quantitative estimate of drug-likeness (QED) is 0.767. The molecule has 2 rings (SSSR count). The molecule has 4 nitrogen and oxygen atoms in total. The van der Waals surface area contributed by atoms with Crippen LogP contribution in [0, 0.1) is 6.92 Å². The molecule has 1 amide bonds. The molecule has 0 aliphatic carbocycles. The summed E-state index contributed by atoms with van der Waals surface area (Å²) in [7, 11) is 0. The van der Waals surface area contributed by atoms with Crippen molar-refractivity contribution in [2.24, 2.45) is 0 Å². The maximum Gasteiger partial charge on any atom is 0.243 e. The van der Waals surface area contributed by atoms with E-state index in [0.29, 0.717) is 18.0 Å². The molecule has 0 heterocycles. The first kappa shape index (κ1) is 15.6. The number of hydrogen-bond acceptors (Lipinski definition) is 3. The summed E-state index contributed by atoms with van der Waals surface area (Å²) >= 11 is 0. The normalized spacial score (nSPS) is 9.86. The third kappa shape index (κ3) is 4.66. The number of hydrogen-bond donors (Lipinski definition) is 2. The number of amides is 1. The van der Waals surface area contributed by atoms with E-state index in [2.05, 4.69) is 17.2 Å². The van der Waals surface area contributed by atoms with Crippen LogP contribution in [0.3, 0.4) is 0 Å². The molecule has 0 saturated heterocycles. The lowest BCUT2D eigenvalue weighted by Gasteiger charge is -2.12. The van der Waals surface area contributed by atoms with Crippen LogP contribution < -0.4 is 15.4 Å². The van der Waals surface area contributed by atoms with Gasteiger partial charge in [0.2, 0.25) is 5.91 Å². The van der Waals surface area contributed by atoms with E-state index in [9.17, 15) is 4.79 Å². The van der Waals surface area contributed by atoms with Gasteiger partial charge >= 0.3 is 0 Å². The molecule has 2 N–H and O–H groups in total. The Morgan fingerprint density at radius 2 is 1.91 bits per heavy atom. The minimum atomic E-state index is -0.129. The molecule has 2 aromatic rings. The number of nitrogens with one attached hydrogen (secondary N) is 2. The van der Waals surface area contributed by atoms with E-state index < -0.39 is 0 Å². The predicted octanol–water partition coefficient (Wildman–Crippen LogP) is 3.61. The average molecular weight is 296 g/mol. The van der Waals surface area contributed by atoms with Gasteiger partial charge in [-0.05, 0) is 31.2 Å². The van der Waals surface area contributed by atoms with Crippen molar-refractivity contribution >= 4 is 17.3 Å². The zero-order valence-corrected chi connectivity index (χ0v) is 12.6. The van der Waals surface area contributed by atoms with Gasteiger partial charge in [-0.1, -0.05) is 42.5 Å². The van der Waals surface area contributed by atoms with Gasteiger partial charge in [-0.3, -0.25) is 4.79 Å². The fraction of sp³-hybridized carbons (Fsp3) is 0.167. The number of aryl methyl sites for hydroxylation is 1. The van der Waals surface area contributed by atoms with Crippen molar-refractivity contribution in [3.8, 4) is 5.75 Å². The zero-order valence-electron chi connectivity index (χ0n) is 12.6. The van der Waals surface area contributed by atoms with Crippen LogP contribution >= 0.6 is 0 Å². The molecular formula is C18H20N2O2. The van der Waals surface area contributed by atoms with Crippen LogP contribution in [0.15, 0.2) is 61.2 Å². The van der Waals surface area contributed by atoms with E-state index in [1.54, 1.807) is 6.08 Å². The van der Waals surface area contributed by atoms with Gasteiger partial charge in [0.1, 0.15) is 12.4 Å². The highest BCUT2D eigenvalue weighted by molar-refractivity contribution is 5.95. The van der Waals surface area contributed by atoms with Crippen molar-refractivity contribution < 1.29 is 9.53 Å². The summed E-state index contributed by atoms with van der Waals surface area (Å²) in [5, 5.41) is 5.93. The van der Waals surface area contributed by atoms with E-state index in [0.717, 1.165) is 5.69 Å². The summed E-state index contributed by atoms with van der Waals surface area (Å²) in [5.74, 6) is 0.501. The Bertz CT molecular complexity index is 636. The van der Waals surface area contributed by atoms with Crippen molar-refractivity contribution in [1.82, 2.24) is 0 Å². The first-order valence-corrected chi connectivity index (χ1v) is 7.12. The van der Waals surface area contributed by atoms with Gasteiger partial charge in [-0.15, -0.1) is 0 Å². The van der Waals surface area contributed by atoms with Crippen LogP contribution in [0.1, 0.15) is 5.56 Å². The van der Waals surface area contributed by atoms with Crippen molar-refractivity contribution in [2.75, 3.05) is 23.8 Å². The molecule has 0 bridgehead atoms. The highest BCUT2D eigenvalue weighted by Gasteiger charge is 2.07. The number of carbonyl (C=O) groups excluding carboxylic acids is 1. The number of ether oxygens (including phenoxy) is 1. The fourth-order valence-corrected chi connectivity index (χ4v) is 1.89. The predicted molar refractivity (Wildman–Crippen MR) is 90.4 cm³/mol. The minimum absolute atomic E-state index is 0.129. The second-order valence-corrected chi connectivity index (χ2v) is 4.86. The molecule has 2 aromatic carbocycles. The Morgan fingerprint density at radius 3 is 2.64 bits per heavy atom. The molecule has 0 aliphatic rings. The molecule has 0 atom stereocenters. The lowest BCUT2D eigenvalue weighted by Crippen LogP contribution is -2.22. The largest absolute Gasteiger partial charge is 0.487 e. The number of rotatable bonds is 7. The third-order valence-electron chi connectivity index (χ3n) is 3.02. The summed E-state index contributed by atoms with van der Waals surface area (Å²) in [6, 6.07) is 15.2. The number of carbonyl (C=O) groups is 1. The van der Waals surface area contributed by atoms with Gasteiger partial charge in [0.05, 0.1) is 12.2 Å². The molecular weight excluding hydrogens is 276 g/mol. The topological polar surface area (TPSA) is 50.4 Å². The number of anilines is 2. The second kappa shape index (κ2) is 7.88. The second-order valence-electron chi connectivity index (χ2n) is 4.86. The van der Waals surface area contributed by atoms with Gasteiger partial charge in [0.15, 0.2) is 0 Å². The van der Waals surface area contributed by atoms with E-state index in [-0.39, 0.29) is 12.5 Å². The molecule has 0 saturated carbocycles. The van der Waals surface area contributed by atoms with Crippen molar-refractivity contribution in [3.63, 3.8) is 0 Å². The highest BCUT2D eigenvalue weighted by atomic mass is 16.5. The Balaban J connectivity index is 1.91. The van der Waals surface area contributed by atoms with Crippen molar-refractivity contribution in [1.29, 1.82) is 0 Å². The van der Waals surface area contributed by atoms with Gasteiger partial charge < -0.3 is 15.4 Å². The van der Waals surface area contributed by atoms with Crippen molar-refractivity contribution in [2.45, 2.75) is 6.92 Å². The number of para-hydroxylation sites is 2. The van der Waals surface area contributed by atoms with E-state index in [1.807, 2.05) is 55.5 Å². The highest BCUT2D eigenvalue weighted by Crippen LogP contribution is 2.23. The Morgan fingerprint density at radius 1 is 1.18 bits per heavy atom. The smallest absolute Gasteiger partial charge is 0.243 e. The summed E-state index contributed by atoms with van der Waals surface area (Å²) < 4.78 is 5.51. The van der Waals surface area contributed by atoms with Crippen LogP contribution in [-0.2, 0) is 4.79 Å². The monoisotopic (exact) mass is 296 g/mol. The summed E-state index contributed by atoms with van der Waals surface area (Å²) in [4.78, 5) is 12.0. The standard InChI is InChI=1S/C18H20N2O2/c1-3-12-22-17-7-5-4-6-16(17)20-18(21)13-19-15-10-8-14(2)9-11-15/h3-11,19H,1,12-13H2,2H3,(H,20,21). The molecule has 0 fully saturated rings. The third-order valence-corrected chi connectivity index (χ3v) is 3.02. The van der Waals surface area contributed by atoms with Crippen LogP contribution in [0.5, 0.6) is 5.75 Å². The zero-order chi connectivity index (χ0) is 15.8. The molecule has 0 radical (unpaired) electrons. The molecule has 114 valence electrons. The Kier molecular flexibility index (Phi) is 5.60. The van der Waals surface area contributed by atoms with Gasteiger partial charge in [0, 0.05) is 5.69 Å². The van der Waals surface area contributed by atoms with Gasteiger partial charge in [0.25, 0.3) is 0 Å². The van der Waals surface area contributed by atoms with Crippen LogP contribution in [0.25, 0.3) is 0 Å². The molecule has 0 aliphatic heterocycles. The van der Waals surface area contributed by atoms with E-state index >= 15 is 0 Å². The molecule has 0 spiro atoms. The Labute approximate surface area is 130 Å². The van der Waals surface area contributed by atoms with E-state index in [1.165, 1.54) is 5.56 Å². The number of benzene rings is 2. The lowest BCUT2D eigenvalue weighted by molar-refractivity contribution is -0.114. The van der Waals surface area contributed by atoms with Crippen LogP contribution in [-0.4, -0.2) is 19.1 Å². The summed E-state index contributed by atoms with van der Waals surface area (Å²) in [5.41, 5.74) is 2.75. The molecule has 4 heteroatoms. The van der Waals surface area contributed by atoms with E-state index in [4.69, 9.17) is 4.74 Å². The first-order chi connectivity index (χ1) is 10.7. The average Bonchev–Trinajstić information content (AvgIpc) is 2.53. The van der Waals surface area contributed by atoms with Crippen LogP contribution in [0.2, 0.25) is 0 Å². The lowest BCUT2D eigenvalue weighted by atomic mass is 10.2. The first-order valence-electron chi connectivity index (χ1n) is 7.12.